The molecule has 0 bridgehead atoms. The lowest BCUT2D eigenvalue weighted by Gasteiger charge is -2.13. The van der Waals surface area contributed by atoms with Crippen LogP contribution in [0.15, 0.2) is 16.7 Å². The smallest absolute Gasteiger partial charge is 0.268 e. The molecule has 2 fully saturated rings. The Hall–Kier alpha value is -1.30. The average molecular weight is 326 g/mol. The number of halogens is 1. The highest BCUT2D eigenvalue weighted by molar-refractivity contribution is 9.10. The van der Waals surface area contributed by atoms with Crippen LogP contribution in [0.3, 0.4) is 0 Å². The lowest BCUT2D eigenvalue weighted by Crippen LogP contribution is -2.41. The molecule has 2 aliphatic rings. The molecule has 1 aromatic heterocycles. The van der Waals surface area contributed by atoms with Gasteiger partial charge in [-0.05, 0) is 41.3 Å². The van der Waals surface area contributed by atoms with Crippen LogP contribution in [0, 0.1) is 0 Å². The molecular weight excluding hydrogens is 310 g/mol. The van der Waals surface area contributed by atoms with Crippen molar-refractivity contribution in [3.8, 4) is 0 Å². The summed E-state index contributed by atoms with van der Waals surface area (Å²) in [5.74, 6) is -0.164. The molecule has 1 aliphatic carbocycles. The van der Waals surface area contributed by atoms with Gasteiger partial charge in [-0.1, -0.05) is 0 Å². The van der Waals surface area contributed by atoms with Gasteiger partial charge >= 0.3 is 0 Å². The number of rotatable bonds is 3. The van der Waals surface area contributed by atoms with E-state index in [1.165, 1.54) is 0 Å². The van der Waals surface area contributed by atoms with Crippen LogP contribution in [0.4, 0.5) is 0 Å². The molecule has 1 saturated carbocycles. The van der Waals surface area contributed by atoms with Gasteiger partial charge in [0.15, 0.2) is 0 Å². The first-order chi connectivity index (χ1) is 9.06. The van der Waals surface area contributed by atoms with E-state index in [0.717, 1.165) is 17.3 Å². The number of nitrogens with zero attached hydrogens (tertiary/aromatic N) is 2. The van der Waals surface area contributed by atoms with E-state index in [-0.39, 0.29) is 17.9 Å². The van der Waals surface area contributed by atoms with Crippen LogP contribution in [-0.2, 0) is 4.79 Å². The number of nitrogens with one attached hydrogen (secondary N) is 1. The van der Waals surface area contributed by atoms with Crippen LogP contribution < -0.4 is 5.32 Å². The number of hydrogen-bond donors (Lipinski definition) is 1. The minimum atomic E-state index is -0.376. The molecule has 0 aromatic carbocycles. The first-order valence-corrected chi connectivity index (χ1v) is 7.29. The van der Waals surface area contributed by atoms with E-state index in [4.69, 9.17) is 0 Å². The van der Waals surface area contributed by atoms with Gasteiger partial charge in [-0.3, -0.25) is 9.59 Å². The fourth-order valence-corrected chi connectivity index (χ4v) is 2.91. The molecule has 1 atom stereocenters. The second-order valence-electron chi connectivity index (χ2n) is 5.26. The molecule has 1 unspecified atom stereocenters. The summed E-state index contributed by atoms with van der Waals surface area (Å²) < 4.78 is 2.90. The second kappa shape index (κ2) is 4.67. The Morgan fingerprint density at radius 1 is 1.42 bits per heavy atom. The standard InChI is InChI=1S/C13H16BrN3O2/c1-16-5-4-10(13(16)19)15-12(18)11-6-8(14)7-17(11)9-2-3-9/h6-7,9-10H,2-5H2,1H3,(H,15,18). The van der Waals surface area contributed by atoms with Gasteiger partial charge in [0, 0.05) is 30.3 Å². The fraction of sp³-hybridized carbons (Fsp3) is 0.538. The summed E-state index contributed by atoms with van der Waals surface area (Å²) >= 11 is 3.41. The van der Waals surface area contributed by atoms with Crippen molar-refractivity contribution >= 4 is 27.7 Å². The summed E-state index contributed by atoms with van der Waals surface area (Å²) in [6.45, 7) is 0.705. The Labute approximate surface area is 120 Å². The van der Waals surface area contributed by atoms with Gasteiger partial charge < -0.3 is 14.8 Å². The van der Waals surface area contributed by atoms with Crippen molar-refractivity contribution in [1.82, 2.24) is 14.8 Å². The number of likely N-dealkylation sites (N-methyl/N-ethyl adjacent to an activating group) is 1. The zero-order valence-corrected chi connectivity index (χ0v) is 12.3. The van der Waals surface area contributed by atoms with Gasteiger partial charge in [0.1, 0.15) is 11.7 Å². The van der Waals surface area contributed by atoms with Crippen molar-refractivity contribution in [1.29, 1.82) is 0 Å². The minimum Gasteiger partial charge on any atom is -0.344 e. The molecule has 2 heterocycles. The quantitative estimate of drug-likeness (QED) is 0.916. The highest BCUT2D eigenvalue weighted by Crippen LogP contribution is 2.37. The lowest BCUT2D eigenvalue weighted by molar-refractivity contribution is -0.128. The summed E-state index contributed by atoms with van der Waals surface area (Å²) in [5, 5.41) is 2.84. The van der Waals surface area contributed by atoms with E-state index < -0.39 is 0 Å². The van der Waals surface area contributed by atoms with E-state index in [0.29, 0.717) is 24.7 Å². The van der Waals surface area contributed by atoms with Gasteiger partial charge in [0.05, 0.1) is 0 Å². The van der Waals surface area contributed by atoms with Crippen molar-refractivity contribution < 1.29 is 9.59 Å². The number of likely N-dealkylation sites (tertiary alicyclic amines) is 1. The fourth-order valence-electron chi connectivity index (χ4n) is 2.47. The maximum atomic E-state index is 12.3. The largest absolute Gasteiger partial charge is 0.344 e. The lowest BCUT2D eigenvalue weighted by atomic mass is 10.2. The molecule has 2 amide bonds. The Balaban J connectivity index is 1.75. The summed E-state index contributed by atoms with van der Waals surface area (Å²) in [6.07, 6.45) is 4.86. The van der Waals surface area contributed by atoms with E-state index in [9.17, 15) is 9.59 Å². The monoisotopic (exact) mass is 325 g/mol. The Morgan fingerprint density at radius 2 is 2.16 bits per heavy atom. The van der Waals surface area contributed by atoms with Gasteiger partial charge in [0.2, 0.25) is 5.91 Å². The molecule has 0 radical (unpaired) electrons. The molecule has 1 saturated heterocycles. The summed E-state index contributed by atoms with van der Waals surface area (Å²) in [6, 6.07) is 1.88. The first kappa shape index (κ1) is 12.7. The molecule has 102 valence electrons. The summed E-state index contributed by atoms with van der Waals surface area (Å²) in [7, 11) is 1.76. The van der Waals surface area contributed by atoms with Crippen LogP contribution in [0.5, 0.6) is 0 Å². The molecule has 1 aromatic rings. The molecule has 1 aliphatic heterocycles. The van der Waals surface area contributed by atoms with Gasteiger partial charge in [-0.2, -0.15) is 0 Å². The van der Waals surface area contributed by atoms with Crippen LogP contribution >= 0.6 is 15.9 Å². The molecule has 5 nitrogen and oxygen atoms in total. The maximum Gasteiger partial charge on any atom is 0.268 e. The predicted octanol–water partition coefficient (Wildman–Crippen LogP) is 1.55. The Bertz CT molecular complexity index is 536. The molecule has 1 N–H and O–H groups in total. The molecule has 0 spiro atoms. The highest BCUT2D eigenvalue weighted by atomic mass is 79.9. The molecule has 3 rings (SSSR count). The van der Waals surface area contributed by atoms with Gasteiger partial charge in [0.25, 0.3) is 5.91 Å². The Morgan fingerprint density at radius 3 is 2.74 bits per heavy atom. The predicted molar refractivity (Wildman–Crippen MR) is 73.9 cm³/mol. The third kappa shape index (κ3) is 2.41. The van der Waals surface area contributed by atoms with E-state index in [2.05, 4.69) is 21.2 Å². The van der Waals surface area contributed by atoms with Crippen LogP contribution in [0.25, 0.3) is 0 Å². The van der Waals surface area contributed by atoms with Crippen molar-refractivity contribution in [2.45, 2.75) is 31.3 Å². The third-order valence-corrected chi connectivity index (χ3v) is 4.15. The normalized spacial score (nSPS) is 22.9. The number of aromatic nitrogens is 1. The number of carbonyl (C=O) groups is 2. The van der Waals surface area contributed by atoms with Crippen molar-refractivity contribution in [3.63, 3.8) is 0 Å². The molecule has 6 heteroatoms. The number of carbonyl (C=O) groups excluding carboxylic acids is 2. The third-order valence-electron chi connectivity index (χ3n) is 3.72. The summed E-state index contributed by atoms with van der Waals surface area (Å²) in [5.41, 5.74) is 0.636. The SMILES string of the molecule is CN1CCC(NC(=O)c2cc(Br)cn2C2CC2)C1=O. The van der Waals surface area contributed by atoms with Gasteiger partial charge in [-0.25, -0.2) is 0 Å². The van der Waals surface area contributed by atoms with Crippen LogP contribution in [-0.4, -0.2) is 40.9 Å². The zero-order valence-electron chi connectivity index (χ0n) is 10.7. The van der Waals surface area contributed by atoms with Crippen molar-refractivity contribution in [2.24, 2.45) is 0 Å². The highest BCUT2D eigenvalue weighted by Gasteiger charge is 2.33. The second-order valence-corrected chi connectivity index (χ2v) is 6.17. The number of hydrogen-bond acceptors (Lipinski definition) is 2. The van der Waals surface area contributed by atoms with E-state index >= 15 is 0 Å². The van der Waals surface area contributed by atoms with Crippen molar-refractivity contribution in [2.75, 3.05) is 13.6 Å². The van der Waals surface area contributed by atoms with Crippen LogP contribution in [0.1, 0.15) is 35.8 Å². The van der Waals surface area contributed by atoms with E-state index in [1.54, 1.807) is 11.9 Å². The van der Waals surface area contributed by atoms with E-state index in [1.807, 2.05) is 16.8 Å². The minimum absolute atomic E-state index is 0.00283. The maximum absolute atomic E-state index is 12.3. The molecule has 19 heavy (non-hydrogen) atoms. The van der Waals surface area contributed by atoms with Crippen LogP contribution in [0.2, 0.25) is 0 Å². The Kier molecular flexibility index (Phi) is 3.12. The van der Waals surface area contributed by atoms with Crippen molar-refractivity contribution in [3.05, 3.63) is 22.4 Å². The molecular formula is C13H16BrN3O2. The van der Waals surface area contributed by atoms with Gasteiger partial charge in [-0.15, -0.1) is 0 Å². The average Bonchev–Trinajstić information content (AvgIpc) is 3.09. The summed E-state index contributed by atoms with van der Waals surface area (Å²) in [4.78, 5) is 25.8. The topological polar surface area (TPSA) is 54.3 Å². The zero-order chi connectivity index (χ0) is 13.6. The first-order valence-electron chi connectivity index (χ1n) is 6.49. The number of amides is 2.